The molecule has 1 N–H and O–H groups in total. The zero-order chi connectivity index (χ0) is 15.6. The van der Waals surface area contributed by atoms with Crippen LogP contribution in [0.3, 0.4) is 0 Å². The highest BCUT2D eigenvalue weighted by Crippen LogP contribution is 2.25. The molecule has 1 aliphatic rings. The maximum absolute atomic E-state index is 11.9. The summed E-state index contributed by atoms with van der Waals surface area (Å²) >= 11 is 0. The number of carbonyl (C=O) groups excluding carboxylic acids is 2. The average molecular weight is 287 g/mol. The number of amides is 1. The topological polar surface area (TPSA) is 76.1 Å². The zero-order valence-electron chi connectivity index (χ0n) is 12.9. The number of hydrogen-bond acceptors (Lipinski definition) is 5. The predicted octanol–water partition coefficient (Wildman–Crippen LogP) is 1.70. The Kier molecular flexibility index (Phi) is 5.02. The molecule has 6 heteroatoms. The summed E-state index contributed by atoms with van der Waals surface area (Å²) in [5.74, 6) is -0.615. The van der Waals surface area contributed by atoms with Gasteiger partial charge in [-0.25, -0.2) is 9.59 Å². The first kappa shape index (κ1) is 16.8. The molecule has 1 heterocycles. The zero-order valence-corrected chi connectivity index (χ0v) is 12.9. The molecule has 1 amide bonds. The molecule has 0 aliphatic carbocycles. The molecule has 0 unspecified atom stereocenters. The van der Waals surface area contributed by atoms with Crippen LogP contribution in [0.2, 0.25) is 0 Å². The summed E-state index contributed by atoms with van der Waals surface area (Å²) in [6.45, 7) is 9.41. The molecule has 0 atom stereocenters. The van der Waals surface area contributed by atoms with E-state index >= 15 is 0 Å². The van der Waals surface area contributed by atoms with E-state index in [-0.39, 0.29) is 32.0 Å². The number of rotatable bonds is 2. The molecule has 116 valence electrons. The van der Waals surface area contributed by atoms with Gasteiger partial charge in [0.2, 0.25) is 0 Å². The van der Waals surface area contributed by atoms with Crippen LogP contribution in [0.1, 0.15) is 47.5 Å². The van der Waals surface area contributed by atoms with E-state index in [9.17, 15) is 14.7 Å². The third-order valence-corrected chi connectivity index (χ3v) is 2.96. The van der Waals surface area contributed by atoms with Gasteiger partial charge in [-0.15, -0.1) is 0 Å². The monoisotopic (exact) mass is 287 g/mol. The van der Waals surface area contributed by atoms with E-state index in [0.29, 0.717) is 0 Å². The number of hydrogen-bond donors (Lipinski definition) is 1. The Balaban J connectivity index is 2.54. The van der Waals surface area contributed by atoms with Crippen molar-refractivity contribution in [2.24, 2.45) is 0 Å². The van der Waals surface area contributed by atoms with Crippen molar-refractivity contribution < 1.29 is 24.2 Å². The number of nitrogens with zero attached hydrogens (tertiary/aromatic N) is 1. The molecule has 20 heavy (non-hydrogen) atoms. The van der Waals surface area contributed by atoms with Crippen LogP contribution in [0.25, 0.3) is 0 Å². The van der Waals surface area contributed by atoms with E-state index in [2.05, 4.69) is 0 Å². The van der Waals surface area contributed by atoms with Crippen LogP contribution in [-0.4, -0.2) is 52.5 Å². The summed E-state index contributed by atoms with van der Waals surface area (Å²) in [5.41, 5.74) is -2.05. The predicted molar refractivity (Wildman–Crippen MR) is 73.2 cm³/mol. The minimum absolute atomic E-state index is 0.164. The van der Waals surface area contributed by atoms with E-state index in [1.165, 1.54) is 4.90 Å². The molecule has 0 radical (unpaired) electrons. The Bertz CT molecular complexity index is 364. The average Bonchev–Trinajstić information content (AvgIpc) is 2.26. The van der Waals surface area contributed by atoms with Crippen LogP contribution < -0.4 is 0 Å². The van der Waals surface area contributed by atoms with E-state index < -0.39 is 23.3 Å². The number of carbonyl (C=O) groups is 2. The SMILES string of the molecule is CC(C)OC(=O)C1(O)CCN(C(=O)OC(C)(C)C)CC1. The highest BCUT2D eigenvalue weighted by atomic mass is 16.6. The minimum Gasteiger partial charge on any atom is -0.461 e. The summed E-state index contributed by atoms with van der Waals surface area (Å²) in [6.07, 6.45) is -0.359. The van der Waals surface area contributed by atoms with Gasteiger partial charge in [-0.2, -0.15) is 0 Å². The number of likely N-dealkylation sites (tertiary alicyclic amines) is 1. The first-order valence-corrected chi connectivity index (χ1v) is 6.95. The molecule has 0 aromatic rings. The second-order valence-electron chi connectivity index (χ2n) is 6.45. The largest absolute Gasteiger partial charge is 0.461 e. The highest BCUT2D eigenvalue weighted by Gasteiger charge is 2.42. The number of piperidine rings is 1. The molecule has 0 bridgehead atoms. The first-order valence-electron chi connectivity index (χ1n) is 6.95. The van der Waals surface area contributed by atoms with E-state index in [4.69, 9.17) is 9.47 Å². The molecular weight excluding hydrogens is 262 g/mol. The van der Waals surface area contributed by atoms with Crippen molar-refractivity contribution in [3.05, 3.63) is 0 Å². The second kappa shape index (κ2) is 5.99. The van der Waals surface area contributed by atoms with Gasteiger partial charge >= 0.3 is 12.1 Å². The van der Waals surface area contributed by atoms with Gasteiger partial charge in [0.15, 0.2) is 5.60 Å². The fraction of sp³-hybridized carbons (Fsp3) is 0.857. The van der Waals surface area contributed by atoms with Crippen LogP contribution in [0.15, 0.2) is 0 Å². The molecule has 0 saturated carbocycles. The third kappa shape index (κ3) is 4.67. The Morgan fingerprint density at radius 1 is 1.20 bits per heavy atom. The first-order chi connectivity index (χ1) is 9.03. The molecule has 6 nitrogen and oxygen atoms in total. The maximum atomic E-state index is 11.9. The van der Waals surface area contributed by atoms with Gasteiger partial charge < -0.3 is 19.5 Å². The van der Waals surface area contributed by atoms with Crippen molar-refractivity contribution in [3.8, 4) is 0 Å². The van der Waals surface area contributed by atoms with Crippen LogP contribution in [-0.2, 0) is 14.3 Å². The fourth-order valence-electron chi connectivity index (χ4n) is 1.91. The van der Waals surface area contributed by atoms with E-state index in [1.54, 1.807) is 34.6 Å². The van der Waals surface area contributed by atoms with Gasteiger partial charge in [-0.1, -0.05) is 0 Å². The van der Waals surface area contributed by atoms with Crippen molar-refractivity contribution >= 4 is 12.1 Å². The van der Waals surface area contributed by atoms with Gasteiger partial charge in [0.05, 0.1) is 6.10 Å². The fourth-order valence-corrected chi connectivity index (χ4v) is 1.91. The molecule has 1 saturated heterocycles. The second-order valence-corrected chi connectivity index (χ2v) is 6.45. The molecule has 0 aromatic carbocycles. The molecule has 0 aromatic heterocycles. The van der Waals surface area contributed by atoms with Crippen LogP contribution in [0.4, 0.5) is 4.79 Å². The Labute approximate surface area is 120 Å². The quantitative estimate of drug-likeness (QED) is 0.782. The van der Waals surface area contributed by atoms with Crippen LogP contribution in [0.5, 0.6) is 0 Å². The number of esters is 1. The normalized spacial score (nSPS) is 18.9. The highest BCUT2D eigenvalue weighted by molar-refractivity contribution is 5.80. The van der Waals surface area contributed by atoms with Crippen molar-refractivity contribution in [1.82, 2.24) is 4.90 Å². The van der Waals surface area contributed by atoms with Crippen molar-refractivity contribution in [1.29, 1.82) is 0 Å². The van der Waals surface area contributed by atoms with Crippen molar-refractivity contribution in [2.75, 3.05) is 13.1 Å². The molecule has 1 fully saturated rings. The molecule has 1 rings (SSSR count). The lowest BCUT2D eigenvalue weighted by Gasteiger charge is -2.37. The standard InChI is InChI=1S/C14H25NO5/c1-10(2)19-11(16)14(18)6-8-15(9-7-14)12(17)20-13(3,4)5/h10,18H,6-9H2,1-5H3. The van der Waals surface area contributed by atoms with Gasteiger partial charge in [-0.3, -0.25) is 0 Å². The Hall–Kier alpha value is -1.30. The van der Waals surface area contributed by atoms with E-state index in [1.807, 2.05) is 0 Å². The van der Waals surface area contributed by atoms with Gasteiger partial charge in [0.25, 0.3) is 0 Å². The smallest absolute Gasteiger partial charge is 0.410 e. The lowest BCUT2D eigenvalue weighted by molar-refractivity contribution is -0.174. The summed E-state index contributed by atoms with van der Waals surface area (Å²) in [5, 5.41) is 10.3. The Morgan fingerprint density at radius 3 is 2.10 bits per heavy atom. The summed E-state index contributed by atoms with van der Waals surface area (Å²) < 4.78 is 10.3. The van der Waals surface area contributed by atoms with E-state index in [0.717, 1.165) is 0 Å². The molecule has 1 aliphatic heterocycles. The summed E-state index contributed by atoms with van der Waals surface area (Å²) in [7, 11) is 0. The van der Waals surface area contributed by atoms with Crippen molar-refractivity contribution in [2.45, 2.75) is 64.8 Å². The lowest BCUT2D eigenvalue weighted by Crippen LogP contribution is -2.52. The van der Waals surface area contributed by atoms with Gasteiger partial charge in [-0.05, 0) is 34.6 Å². The third-order valence-electron chi connectivity index (χ3n) is 2.96. The van der Waals surface area contributed by atoms with Crippen LogP contribution in [0, 0.1) is 0 Å². The summed E-state index contributed by atoms with van der Waals surface area (Å²) in [6, 6.07) is 0. The summed E-state index contributed by atoms with van der Waals surface area (Å²) in [4.78, 5) is 25.2. The van der Waals surface area contributed by atoms with Gasteiger partial charge in [0.1, 0.15) is 5.60 Å². The maximum Gasteiger partial charge on any atom is 0.410 e. The lowest BCUT2D eigenvalue weighted by atomic mass is 9.91. The number of ether oxygens (including phenoxy) is 2. The number of aliphatic hydroxyl groups is 1. The molecular formula is C14H25NO5. The van der Waals surface area contributed by atoms with Gasteiger partial charge in [0, 0.05) is 25.9 Å². The minimum atomic E-state index is -1.50. The molecule has 0 spiro atoms. The van der Waals surface area contributed by atoms with Crippen molar-refractivity contribution in [3.63, 3.8) is 0 Å². The Morgan fingerprint density at radius 2 is 1.70 bits per heavy atom. The van der Waals surface area contributed by atoms with Crippen LogP contribution >= 0.6 is 0 Å².